The summed E-state index contributed by atoms with van der Waals surface area (Å²) < 4.78 is 0. The lowest BCUT2D eigenvalue weighted by Gasteiger charge is -2.20. The fourth-order valence-corrected chi connectivity index (χ4v) is 2.00. The van der Waals surface area contributed by atoms with Crippen LogP contribution in [0, 0.1) is 12.3 Å². The molecule has 1 nitrogen and oxygen atoms in total. The van der Waals surface area contributed by atoms with Crippen LogP contribution in [0.25, 0.3) is 0 Å². The number of likely N-dealkylation sites (N-methyl/N-ethyl adjacent to an activating group) is 1. The molecule has 1 aromatic rings. The fourth-order valence-electron chi connectivity index (χ4n) is 2.00. The maximum absolute atomic E-state index is 5.53. The zero-order chi connectivity index (χ0) is 9.97. The van der Waals surface area contributed by atoms with Crippen LogP contribution >= 0.6 is 0 Å². The Morgan fingerprint density at radius 3 is 2.79 bits per heavy atom. The van der Waals surface area contributed by atoms with Crippen LogP contribution in [0.4, 0.5) is 0 Å². The van der Waals surface area contributed by atoms with Gasteiger partial charge in [-0.2, -0.15) is 0 Å². The van der Waals surface area contributed by atoms with Crippen molar-refractivity contribution in [2.45, 2.75) is 18.9 Å². The minimum atomic E-state index is 0.263. The van der Waals surface area contributed by atoms with Gasteiger partial charge in [-0.15, -0.1) is 6.42 Å². The molecule has 1 unspecified atom stereocenters. The van der Waals surface area contributed by atoms with E-state index in [-0.39, 0.29) is 6.04 Å². The number of fused-ring (bicyclic) bond motifs is 1. The van der Waals surface area contributed by atoms with Gasteiger partial charge in [-0.05, 0) is 31.0 Å². The number of nitrogens with zero attached hydrogens (tertiary/aromatic N) is 1. The molecule has 0 fully saturated rings. The first-order chi connectivity index (χ1) is 6.81. The predicted molar refractivity (Wildman–Crippen MR) is 59.1 cm³/mol. The molecule has 0 aromatic heterocycles. The molecule has 1 aromatic carbocycles. The van der Waals surface area contributed by atoms with Gasteiger partial charge in [-0.1, -0.05) is 30.2 Å². The van der Waals surface area contributed by atoms with Crippen LogP contribution in [0.1, 0.15) is 11.1 Å². The average Bonchev–Trinajstić information content (AvgIpc) is 2.38. The summed E-state index contributed by atoms with van der Waals surface area (Å²) >= 11 is 0. The second-order valence-corrected chi connectivity index (χ2v) is 3.89. The summed E-state index contributed by atoms with van der Waals surface area (Å²) in [5, 5.41) is 0. The Morgan fingerprint density at radius 2 is 2.07 bits per heavy atom. The van der Waals surface area contributed by atoms with Crippen molar-refractivity contribution in [3.8, 4) is 12.3 Å². The van der Waals surface area contributed by atoms with Crippen LogP contribution in [-0.2, 0) is 12.8 Å². The molecule has 0 saturated carbocycles. The average molecular weight is 185 g/mol. The third kappa shape index (κ3) is 1.66. The summed E-state index contributed by atoms with van der Waals surface area (Å²) in [6.45, 7) is 1.06. The van der Waals surface area contributed by atoms with E-state index in [1.54, 1.807) is 0 Å². The van der Waals surface area contributed by atoms with E-state index in [1.165, 1.54) is 11.1 Å². The summed E-state index contributed by atoms with van der Waals surface area (Å²) in [5.41, 5.74) is 2.87. The molecular weight excluding hydrogens is 170 g/mol. The van der Waals surface area contributed by atoms with Gasteiger partial charge in [0, 0.05) is 6.54 Å². The van der Waals surface area contributed by atoms with Crippen molar-refractivity contribution >= 4 is 0 Å². The maximum Gasteiger partial charge on any atom is 0.0750 e. The SMILES string of the molecule is C#CC1Cc2ccccc2CCN1C. The largest absolute Gasteiger partial charge is 0.292 e. The number of benzene rings is 1. The highest BCUT2D eigenvalue weighted by molar-refractivity contribution is 5.30. The summed E-state index contributed by atoms with van der Waals surface area (Å²) in [6.07, 6.45) is 7.63. The van der Waals surface area contributed by atoms with E-state index in [1.807, 2.05) is 0 Å². The monoisotopic (exact) mass is 185 g/mol. The highest BCUT2D eigenvalue weighted by atomic mass is 15.1. The molecule has 0 radical (unpaired) electrons. The quantitative estimate of drug-likeness (QED) is 0.556. The van der Waals surface area contributed by atoms with Crippen molar-refractivity contribution in [2.75, 3.05) is 13.6 Å². The van der Waals surface area contributed by atoms with Gasteiger partial charge in [-0.3, -0.25) is 4.90 Å². The molecule has 0 spiro atoms. The molecule has 0 aliphatic carbocycles. The standard InChI is InChI=1S/C13H15N/c1-3-13-10-12-7-5-4-6-11(12)8-9-14(13)2/h1,4-7,13H,8-10H2,2H3. The van der Waals surface area contributed by atoms with Crippen molar-refractivity contribution in [2.24, 2.45) is 0 Å². The van der Waals surface area contributed by atoms with Gasteiger partial charge in [0.2, 0.25) is 0 Å². The van der Waals surface area contributed by atoms with Gasteiger partial charge in [0.15, 0.2) is 0 Å². The van der Waals surface area contributed by atoms with E-state index in [2.05, 4.69) is 42.1 Å². The first-order valence-electron chi connectivity index (χ1n) is 5.04. The molecule has 1 aliphatic rings. The number of terminal acetylenes is 1. The zero-order valence-electron chi connectivity index (χ0n) is 8.53. The molecule has 72 valence electrons. The lowest BCUT2D eigenvalue weighted by Crippen LogP contribution is -2.31. The van der Waals surface area contributed by atoms with Crippen molar-refractivity contribution in [1.29, 1.82) is 0 Å². The van der Waals surface area contributed by atoms with E-state index in [0.717, 1.165) is 19.4 Å². The van der Waals surface area contributed by atoms with Gasteiger partial charge in [0.1, 0.15) is 0 Å². The van der Waals surface area contributed by atoms with E-state index >= 15 is 0 Å². The molecule has 1 heteroatoms. The van der Waals surface area contributed by atoms with Gasteiger partial charge < -0.3 is 0 Å². The van der Waals surface area contributed by atoms with Crippen molar-refractivity contribution in [1.82, 2.24) is 4.90 Å². The molecule has 0 saturated heterocycles. The molecule has 1 heterocycles. The highest BCUT2D eigenvalue weighted by Gasteiger charge is 2.18. The zero-order valence-corrected chi connectivity index (χ0v) is 8.53. The van der Waals surface area contributed by atoms with Crippen LogP contribution in [0.15, 0.2) is 24.3 Å². The first-order valence-corrected chi connectivity index (χ1v) is 5.04. The first kappa shape index (κ1) is 9.30. The summed E-state index contributed by atoms with van der Waals surface area (Å²) in [4.78, 5) is 2.26. The second-order valence-electron chi connectivity index (χ2n) is 3.89. The predicted octanol–water partition coefficient (Wildman–Crippen LogP) is 1.72. The van der Waals surface area contributed by atoms with Crippen molar-refractivity contribution < 1.29 is 0 Å². The molecule has 0 amide bonds. The summed E-state index contributed by atoms with van der Waals surface area (Å²) in [6, 6.07) is 8.87. The van der Waals surface area contributed by atoms with Gasteiger partial charge >= 0.3 is 0 Å². The molecule has 2 rings (SSSR count). The van der Waals surface area contributed by atoms with E-state index < -0.39 is 0 Å². The highest BCUT2D eigenvalue weighted by Crippen LogP contribution is 2.18. The van der Waals surface area contributed by atoms with E-state index in [4.69, 9.17) is 6.42 Å². The topological polar surface area (TPSA) is 3.24 Å². The van der Waals surface area contributed by atoms with Crippen LogP contribution in [0.3, 0.4) is 0 Å². The maximum atomic E-state index is 5.53. The Hall–Kier alpha value is -1.26. The molecular formula is C13H15N. The van der Waals surface area contributed by atoms with Gasteiger partial charge in [0.25, 0.3) is 0 Å². The smallest absolute Gasteiger partial charge is 0.0750 e. The Morgan fingerprint density at radius 1 is 1.36 bits per heavy atom. The third-order valence-electron chi connectivity index (χ3n) is 2.99. The lowest BCUT2D eigenvalue weighted by atomic mass is 10.0. The summed E-state index contributed by atoms with van der Waals surface area (Å²) in [7, 11) is 2.11. The Balaban J connectivity index is 2.32. The number of hydrogen-bond acceptors (Lipinski definition) is 1. The fraction of sp³-hybridized carbons (Fsp3) is 0.385. The molecule has 0 bridgehead atoms. The van der Waals surface area contributed by atoms with Crippen LogP contribution in [-0.4, -0.2) is 24.5 Å². The van der Waals surface area contributed by atoms with Crippen LogP contribution < -0.4 is 0 Å². The minimum absolute atomic E-state index is 0.263. The second kappa shape index (κ2) is 3.86. The third-order valence-corrected chi connectivity index (χ3v) is 2.99. The van der Waals surface area contributed by atoms with Crippen LogP contribution in [0.5, 0.6) is 0 Å². The number of rotatable bonds is 0. The Labute approximate surface area is 85.7 Å². The molecule has 1 atom stereocenters. The van der Waals surface area contributed by atoms with Crippen LogP contribution in [0.2, 0.25) is 0 Å². The number of hydrogen-bond donors (Lipinski definition) is 0. The normalized spacial score (nSPS) is 22.1. The lowest BCUT2D eigenvalue weighted by molar-refractivity contribution is 0.300. The van der Waals surface area contributed by atoms with Gasteiger partial charge in [0.05, 0.1) is 6.04 Å². The molecule has 14 heavy (non-hydrogen) atoms. The Kier molecular flexibility index (Phi) is 2.56. The Bertz CT molecular complexity index is 362. The summed E-state index contributed by atoms with van der Waals surface area (Å²) in [5.74, 6) is 2.86. The van der Waals surface area contributed by atoms with E-state index in [9.17, 15) is 0 Å². The van der Waals surface area contributed by atoms with E-state index in [0.29, 0.717) is 0 Å². The van der Waals surface area contributed by atoms with Gasteiger partial charge in [-0.25, -0.2) is 0 Å². The van der Waals surface area contributed by atoms with Crippen molar-refractivity contribution in [3.63, 3.8) is 0 Å². The van der Waals surface area contributed by atoms with Crippen molar-refractivity contribution in [3.05, 3.63) is 35.4 Å². The molecule has 0 N–H and O–H groups in total. The molecule has 1 aliphatic heterocycles. The minimum Gasteiger partial charge on any atom is -0.292 e.